The zero-order valence-corrected chi connectivity index (χ0v) is 12.6. The van der Waals surface area contributed by atoms with Crippen LogP contribution in [0.2, 0.25) is 0 Å². The van der Waals surface area contributed by atoms with E-state index in [-0.39, 0.29) is 5.92 Å². The Morgan fingerprint density at radius 3 is 3.00 bits per heavy atom. The molecule has 2 aliphatic carbocycles. The van der Waals surface area contributed by atoms with Gasteiger partial charge in [-0.25, -0.2) is 0 Å². The van der Waals surface area contributed by atoms with Gasteiger partial charge < -0.3 is 5.11 Å². The number of hydrogen-bond donors (Lipinski definition) is 1. The molecule has 0 aliphatic heterocycles. The van der Waals surface area contributed by atoms with Crippen LogP contribution < -0.4 is 0 Å². The fourth-order valence-corrected chi connectivity index (χ4v) is 4.31. The van der Waals surface area contributed by atoms with Gasteiger partial charge in [0.1, 0.15) is 0 Å². The third kappa shape index (κ3) is 2.63. The van der Waals surface area contributed by atoms with Crippen molar-refractivity contribution in [3.63, 3.8) is 0 Å². The first kappa shape index (κ1) is 14.1. The number of rotatable bonds is 2. The number of fused-ring (bicyclic) bond motifs is 1. The summed E-state index contributed by atoms with van der Waals surface area (Å²) in [5.41, 5.74) is 2.05. The molecule has 0 saturated heterocycles. The Morgan fingerprint density at radius 2 is 2.15 bits per heavy atom. The smallest absolute Gasteiger partial charge is 0.0731 e. The molecule has 3 rings (SSSR count). The van der Waals surface area contributed by atoms with E-state index < -0.39 is 5.60 Å². The molecule has 20 heavy (non-hydrogen) atoms. The highest BCUT2D eigenvalue weighted by Gasteiger charge is 2.41. The van der Waals surface area contributed by atoms with Gasteiger partial charge in [-0.2, -0.15) is 0 Å². The summed E-state index contributed by atoms with van der Waals surface area (Å²) in [5, 5.41) is 11.3. The van der Waals surface area contributed by atoms with Crippen molar-refractivity contribution in [1.82, 2.24) is 4.98 Å². The van der Waals surface area contributed by atoms with E-state index in [1.807, 2.05) is 12.3 Å². The molecule has 0 aromatic carbocycles. The second-order valence-corrected chi connectivity index (χ2v) is 6.80. The van der Waals surface area contributed by atoms with Crippen LogP contribution in [-0.4, -0.2) is 15.7 Å². The highest BCUT2D eigenvalue weighted by atomic mass is 16.3. The maximum atomic E-state index is 11.3. The molecule has 0 spiro atoms. The van der Waals surface area contributed by atoms with Crippen LogP contribution in [0.25, 0.3) is 0 Å². The molecule has 1 N–H and O–H groups in total. The van der Waals surface area contributed by atoms with Crippen LogP contribution in [0.1, 0.15) is 75.5 Å². The lowest BCUT2D eigenvalue weighted by Crippen LogP contribution is -2.38. The first-order chi connectivity index (χ1) is 9.73. The van der Waals surface area contributed by atoms with Crippen LogP contribution in [0.15, 0.2) is 18.3 Å². The zero-order chi connectivity index (χ0) is 14.0. The second kappa shape index (κ2) is 5.85. The first-order valence-corrected chi connectivity index (χ1v) is 8.39. The van der Waals surface area contributed by atoms with Crippen molar-refractivity contribution in [3.05, 3.63) is 29.6 Å². The van der Waals surface area contributed by atoms with Gasteiger partial charge in [0.25, 0.3) is 0 Å². The molecule has 1 aromatic rings. The molecule has 1 saturated carbocycles. The van der Waals surface area contributed by atoms with E-state index in [1.165, 1.54) is 43.4 Å². The van der Waals surface area contributed by atoms with Gasteiger partial charge in [-0.05, 0) is 56.1 Å². The maximum absolute atomic E-state index is 11.3. The van der Waals surface area contributed by atoms with Gasteiger partial charge in [0.05, 0.1) is 5.60 Å². The van der Waals surface area contributed by atoms with Crippen LogP contribution in [0.5, 0.6) is 0 Å². The molecule has 110 valence electrons. The molecular weight excluding hydrogens is 246 g/mol. The van der Waals surface area contributed by atoms with Gasteiger partial charge in [-0.15, -0.1) is 0 Å². The Kier molecular flexibility index (Phi) is 4.11. The van der Waals surface area contributed by atoms with Crippen LogP contribution >= 0.6 is 0 Å². The highest BCUT2D eigenvalue weighted by Crippen LogP contribution is 2.45. The predicted molar refractivity (Wildman–Crippen MR) is 81.7 cm³/mol. The van der Waals surface area contributed by atoms with E-state index in [0.29, 0.717) is 0 Å². The number of aromatic nitrogens is 1. The van der Waals surface area contributed by atoms with Crippen LogP contribution in [0.4, 0.5) is 0 Å². The molecule has 1 aromatic heterocycles. The largest absolute Gasteiger partial charge is 0.389 e. The minimum Gasteiger partial charge on any atom is -0.389 e. The number of pyridine rings is 1. The average molecular weight is 273 g/mol. The van der Waals surface area contributed by atoms with Gasteiger partial charge in [-0.1, -0.05) is 32.3 Å². The van der Waals surface area contributed by atoms with Crippen molar-refractivity contribution < 1.29 is 5.11 Å². The van der Waals surface area contributed by atoms with Gasteiger partial charge >= 0.3 is 0 Å². The topological polar surface area (TPSA) is 33.1 Å². The van der Waals surface area contributed by atoms with Gasteiger partial charge in [0, 0.05) is 17.8 Å². The summed E-state index contributed by atoms with van der Waals surface area (Å²) in [5.74, 6) is 1.08. The van der Waals surface area contributed by atoms with Crippen LogP contribution in [-0.2, 0) is 6.42 Å². The van der Waals surface area contributed by atoms with Crippen molar-refractivity contribution in [2.24, 2.45) is 5.92 Å². The summed E-state index contributed by atoms with van der Waals surface area (Å²) in [6.45, 7) is 2.28. The Labute approximate surface area is 122 Å². The van der Waals surface area contributed by atoms with Gasteiger partial charge in [0.2, 0.25) is 0 Å². The molecule has 1 fully saturated rings. The maximum Gasteiger partial charge on any atom is 0.0731 e. The van der Waals surface area contributed by atoms with Gasteiger partial charge in [-0.3, -0.25) is 4.98 Å². The summed E-state index contributed by atoms with van der Waals surface area (Å²) >= 11 is 0. The van der Waals surface area contributed by atoms with Gasteiger partial charge in [0.15, 0.2) is 0 Å². The van der Waals surface area contributed by atoms with Crippen molar-refractivity contribution in [1.29, 1.82) is 0 Å². The molecule has 1 heterocycles. The minimum atomic E-state index is -0.507. The van der Waals surface area contributed by atoms with E-state index in [9.17, 15) is 5.11 Å². The Hall–Kier alpha value is -0.890. The van der Waals surface area contributed by atoms with Crippen LogP contribution in [0.3, 0.4) is 0 Å². The van der Waals surface area contributed by atoms with Crippen molar-refractivity contribution in [2.75, 3.05) is 0 Å². The SMILES string of the molecule is CCC1CCCC(O)(C2CCCc3cccnc32)CC1. The van der Waals surface area contributed by atoms with E-state index in [0.717, 1.165) is 31.6 Å². The lowest BCUT2D eigenvalue weighted by molar-refractivity contribution is -0.0101. The first-order valence-electron chi connectivity index (χ1n) is 8.39. The molecule has 2 nitrogen and oxygen atoms in total. The van der Waals surface area contributed by atoms with Crippen molar-refractivity contribution in [2.45, 2.75) is 76.2 Å². The number of aryl methyl sites for hydroxylation is 1. The normalized spacial score (nSPS) is 34.3. The molecular formula is C18H27NO. The average Bonchev–Trinajstić information content (AvgIpc) is 2.69. The molecule has 3 unspecified atom stereocenters. The summed E-state index contributed by atoms with van der Waals surface area (Å²) in [4.78, 5) is 4.63. The number of aliphatic hydroxyl groups is 1. The predicted octanol–water partition coefficient (Wildman–Crippen LogP) is 4.22. The van der Waals surface area contributed by atoms with Crippen molar-refractivity contribution >= 4 is 0 Å². The van der Waals surface area contributed by atoms with E-state index in [2.05, 4.69) is 18.0 Å². The van der Waals surface area contributed by atoms with E-state index in [4.69, 9.17) is 0 Å². The molecule has 3 atom stereocenters. The fraction of sp³-hybridized carbons (Fsp3) is 0.722. The monoisotopic (exact) mass is 273 g/mol. The molecule has 0 amide bonds. The number of hydrogen-bond acceptors (Lipinski definition) is 2. The third-order valence-electron chi connectivity index (χ3n) is 5.63. The molecule has 0 bridgehead atoms. The Balaban J connectivity index is 1.85. The zero-order valence-electron chi connectivity index (χ0n) is 12.6. The minimum absolute atomic E-state index is 0.267. The van der Waals surface area contributed by atoms with Crippen LogP contribution in [0, 0.1) is 5.92 Å². The lowest BCUT2D eigenvalue weighted by atomic mass is 9.72. The summed E-state index contributed by atoms with van der Waals surface area (Å²) < 4.78 is 0. The van der Waals surface area contributed by atoms with E-state index >= 15 is 0 Å². The lowest BCUT2D eigenvalue weighted by Gasteiger charge is -2.38. The highest BCUT2D eigenvalue weighted by molar-refractivity contribution is 5.28. The molecule has 2 heteroatoms. The Morgan fingerprint density at radius 1 is 1.25 bits per heavy atom. The van der Waals surface area contributed by atoms with E-state index in [1.54, 1.807) is 0 Å². The molecule has 2 aliphatic rings. The second-order valence-electron chi connectivity index (χ2n) is 6.80. The molecule has 0 radical (unpaired) electrons. The Bertz CT molecular complexity index is 458. The summed E-state index contributed by atoms with van der Waals surface area (Å²) in [6, 6.07) is 4.23. The summed E-state index contributed by atoms with van der Waals surface area (Å²) in [7, 11) is 0. The standard InChI is InChI=1S/C18H27NO/c1-2-14-6-4-11-18(20,12-10-14)16-9-3-7-15-8-5-13-19-17(15)16/h5,8,13-14,16,20H,2-4,6-7,9-12H2,1H3. The summed E-state index contributed by atoms with van der Waals surface area (Å²) in [6.07, 6.45) is 12.2. The van der Waals surface area contributed by atoms with Crippen molar-refractivity contribution in [3.8, 4) is 0 Å². The quantitative estimate of drug-likeness (QED) is 0.818. The fourth-order valence-electron chi connectivity index (χ4n) is 4.31. The number of nitrogens with zero attached hydrogens (tertiary/aromatic N) is 1. The third-order valence-corrected chi connectivity index (χ3v) is 5.63.